The Balaban J connectivity index is 2.13. The molecule has 0 aromatic heterocycles. The van der Waals surface area contributed by atoms with Crippen molar-refractivity contribution in [2.24, 2.45) is 0 Å². The first kappa shape index (κ1) is 19.6. The second kappa shape index (κ2) is 8.57. The van der Waals surface area contributed by atoms with Crippen molar-refractivity contribution >= 4 is 21.6 Å². The van der Waals surface area contributed by atoms with Crippen LogP contribution in [0, 0.1) is 6.92 Å². The van der Waals surface area contributed by atoms with Gasteiger partial charge in [-0.1, -0.05) is 0 Å². The van der Waals surface area contributed by atoms with Crippen LogP contribution >= 0.6 is 0 Å². The first-order valence-electron chi connectivity index (χ1n) is 8.05. The van der Waals surface area contributed by atoms with Crippen LogP contribution in [0.4, 0.5) is 5.69 Å². The number of aryl methyl sites for hydroxylation is 1. The van der Waals surface area contributed by atoms with Crippen molar-refractivity contribution in [2.45, 2.75) is 18.7 Å². The molecule has 0 saturated heterocycles. The largest absolute Gasteiger partial charge is 0.494 e. The molecule has 0 unspecified atom stereocenters. The molecule has 0 aliphatic heterocycles. The van der Waals surface area contributed by atoms with E-state index in [-0.39, 0.29) is 17.4 Å². The monoisotopic (exact) mass is 378 g/mol. The minimum Gasteiger partial charge on any atom is -0.494 e. The predicted molar refractivity (Wildman–Crippen MR) is 99.2 cm³/mol. The number of amides is 1. The van der Waals surface area contributed by atoms with Gasteiger partial charge in [-0.05, 0) is 61.9 Å². The first-order valence-corrected chi connectivity index (χ1v) is 9.53. The number of ether oxygens (including phenoxy) is 2. The Labute approximate surface area is 153 Å². The van der Waals surface area contributed by atoms with Crippen molar-refractivity contribution < 1.29 is 22.7 Å². The fourth-order valence-corrected chi connectivity index (χ4v) is 3.31. The number of carbonyl (C=O) groups excluding carboxylic acids is 1. The molecule has 2 aromatic carbocycles. The Bertz CT molecular complexity index is 864. The van der Waals surface area contributed by atoms with Crippen molar-refractivity contribution in [3.05, 3.63) is 48.0 Å². The summed E-state index contributed by atoms with van der Waals surface area (Å²) in [6.07, 6.45) is 0. The number of hydrogen-bond donors (Lipinski definition) is 2. The van der Waals surface area contributed by atoms with Crippen LogP contribution in [0.3, 0.4) is 0 Å². The number of hydrogen-bond acceptors (Lipinski definition) is 5. The molecule has 8 heteroatoms. The topological polar surface area (TPSA) is 93.7 Å². The second-order valence-electron chi connectivity index (χ2n) is 5.45. The van der Waals surface area contributed by atoms with Crippen LogP contribution in [0.15, 0.2) is 47.4 Å². The highest BCUT2D eigenvalue weighted by molar-refractivity contribution is 7.92. The smallest absolute Gasteiger partial charge is 0.261 e. The van der Waals surface area contributed by atoms with Crippen LogP contribution < -0.4 is 19.5 Å². The molecule has 140 valence electrons. The van der Waals surface area contributed by atoms with E-state index < -0.39 is 10.0 Å². The van der Waals surface area contributed by atoms with Crippen LogP contribution in [0.5, 0.6) is 11.5 Å². The zero-order valence-corrected chi connectivity index (χ0v) is 15.7. The lowest BCUT2D eigenvalue weighted by atomic mass is 10.2. The van der Waals surface area contributed by atoms with Gasteiger partial charge < -0.3 is 14.8 Å². The molecule has 2 N–H and O–H groups in total. The summed E-state index contributed by atoms with van der Waals surface area (Å²) in [5.41, 5.74) is 1.05. The summed E-state index contributed by atoms with van der Waals surface area (Å²) in [5, 5.41) is 2.45. The number of carbonyl (C=O) groups is 1. The molecule has 0 aliphatic carbocycles. The van der Waals surface area contributed by atoms with E-state index in [1.807, 2.05) is 6.92 Å². The Morgan fingerprint density at radius 1 is 1.08 bits per heavy atom. The van der Waals surface area contributed by atoms with Crippen molar-refractivity contribution in [3.63, 3.8) is 0 Å². The second-order valence-corrected chi connectivity index (χ2v) is 7.13. The van der Waals surface area contributed by atoms with Gasteiger partial charge in [-0.2, -0.15) is 0 Å². The van der Waals surface area contributed by atoms with Gasteiger partial charge in [0.1, 0.15) is 11.5 Å². The number of benzene rings is 2. The van der Waals surface area contributed by atoms with Crippen LogP contribution in [0.1, 0.15) is 12.5 Å². The Morgan fingerprint density at radius 2 is 1.77 bits per heavy atom. The highest BCUT2D eigenvalue weighted by Gasteiger charge is 2.16. The summed E-state index contributed by atoms with van der Waals surface area (Å²) in [6.45, 7) is 4.00. The van der Waals surface area contributed by atoms with Gasteiger partial charge in [0.05, 0.1) is 11.5 Å². The highest BCUT2D eigenvalue weighted by atomic mass is 32.2. The van der Waals surface area contributed by atoms with E-state index in [0.717, 1.165) is 0 Å². The van der Waals surface area contributed by atoms with Crippen LogP contribution in [-0.4, -0.2) is 34.6 Å². The third kappa shape index (κ3) is 5.13. The normalized spacial score (nSPS) is 10.9. The van der Waals surface area contributed by atoms with E-state index in [9.17, 15) is 13.2 Å². The molecule has 1 amide bonds. The maximum Gasteiger partial charge on any atom is 0.261 e. The average Bonchev–Trinajstić information content (AvgIpc) is 2.62. The van der Waals surface area contributed by atoms with Crippen LogP contribution in [0.2, 0.25) is 0 Å². The standard InChI is InChI=1S/C18H22N2O5S/c1-4-24-15-7-5-14(6-8-15)20-26(22,23)16-9-10-17(13(2)11-16)25-12-18(21)19-3/h5-11,20H,4,12H2,1-3H3,(H,19,21). The Morgan fingerprint density at radius 3 is 2.35 bits per heavy atom. The zero-order chi connectivity index (χ0) is 19.2. The molecular weight excluding hydrogens is 356 g/mol. The fraction of sp³-hybridized carbons (Fsp3) is 0.278. The SMILES string of the molecule is CCOc1ccc(NS(=O)(=O)c2ccc(OCC(=O)NC)c(C)c2)cc1. The molecule has 0 saturated carbocycles. The molecule has 0 radical (unpaired) electrons. The molecule has 0 bridgehead atoms. The van der Waals surface area contributed by atoms with E-state index in [0.29, 0.717) is 29.4 Å². The van der Waals surface area contributed by atoms with Gasteiger partial charge in [0.2, 0.25) is 0 Å². The number of anilines is 1. The molecule has 0 heterocycles. The van der Waals surface area contributed by atoms with Crippen LogP contribution in [-0.2, 0) is 14.8 Å². The molecule has 7 nitrogen and oxygen atoms in total. The van der Waals surface area contributed by atoms with Crippen molar-refractivity contribution in [2.75, 3.05) is 25.0 Å². The molecule has 26 heavy (non-hydrogen) atoms. The van der Waals surface area contributed by atoms with E-state index in [2.05, 4.69) is 10.0 Å². The first-order chi connectivity index (χ1) is 12.4. The number of nitrogens with one attached hydrogen (secondary N) is 2. The third-order valence-electron chi connectivity index (χ3n) is 3.51. The number of sulfonamides is 1. The van der Waals surface area contributed by atoms with E-state index in [4.69, 9.17) is 9.47 Å². The molecule has 0 fully saturated rings. The quantitative estimate of drug-likeness (QED) is 0.735. The van der Waals surface area contributed by atoms with Crippen molar-refractivity contribution in [1.82, 2.24) is 5.32 Å². The van der Waals surface area contributed by atoms with Crippen LogP contribution in [0.25, 0.3) is 0 Å². The number of likely N-dealkylation sites (N-methyl/N-ethyl adjacent to an activating group) is 1. The van der Waals surface area contributed by atoms with Gasteiger partial charge in [0.25, 0.3) is 15.9 Å². The van der Waals surface area contributed by atoms with Crippen molar-refractivity contribution in [3.8, 4) is 11.5 Å². The third-order valence-corrected chi connectivity index (χ3v) is 4.89. The summed E-state index contributed by atoms with van der Waals surface area (Å²) in [5.74, 6) is 0.857. The molecule has 2 aromatic rings. The van der Waals surface area contributed by atoms with E-state index in [1.165, 1.54) is 25.2 Å². The van der Waals surface area contributed by atoms with Gasteiger partial charge in [0.15, 0.2) is 6.61 Å². The van der Waals surface area contributed by atoms with E-state index in [1.54, 1.807) is 31.2 Å². The van der Waals surface area contributed by atoms with Crippen molar-refractivity contribution in [1.29, 1.82) is 0 Å². The predicted octanol–water partition coefficient (Wildman–Crippen LogP) is 2.32. The molecule has 0 aliphatic rings. The summed E-state index contributed by atoms with van der Waals surface area (Å²) in [6, 6.07) is 11.1. The summed E-state index contributed by atoms with van der Waals surface area (Å²) in [4.78, 5) is 11.3. The molecule has 0 spiro atoms. The minimum atomic E-state index is -3.74. The van der Waals surface area contributed by atoms with Gasteiger partial charge in [-0.3, -0.25) is 9.52 Å². The van der Waals surface area contributed by atoms with E-state index >= 15 is 0 Å². The zero-order valence-electron chi connectivity index (χ0n) is 14.9. The summed E-state index contributed by atoms with van der Waals surface area (Å²) < 4.78 is 38.3. The fourth-order valence-electron chi connectivity index (χ4n) is 2.17. The van der Waals surface area contributed by atoms with Gasteiger partial charge in [0, 0.05) is 12.7 Å². The van der Waals surface area contributed by atoms with Gasteiger partial charge in [-0.15, -0.1) is 0 Å². The lowest BCUT2D eigenvalue weighted by Crippen LogP contribution is -2.25. The Kier molecular flexibility index (Phi) is 6.46. The lowest BCUT2D eigenvalue weighted by Gasteiger charge is -2.12. The number of rotatable bonds is 8. The maximum atomic E-state index is 12.5. The Hall–Kier alpha value is -2.74. The molecule has 2 rings (SSSR count). The summed E-state index contributed by atoms with van der Waals surface area (Å²) in [7, 11) is -2.22. The maximum absolute atomic E-state index is 12.5. The minimum absolute atomic E-state index is 0.108. The van der Waals surface area contributed by atoms with Gasteiger partial charge >= 0.3 is 0 Å². The van der Waals surface area contributed by atoms with Gasteiger partial charge in [-0.25, -0.2) is 8.42 Å². The average molecular weight is 378 g/mol. The highest BCUT2D eigenvalue weighted by Crippen LogP contribution is 2.24. The lowest BCUT2D eigenvalue weighted by molar-refractivity contribution is -0.122. The summed E-state index contributed by atoms with van der Waals surface area (Å²) >= 11 is 0. The molecule has 0 atom stereocenters. The molecular formula is C18H22N2O5S.